The number of allylic oxidation sites excluding steroid dienone is 1. The van der Waals surface area contributed by atoms with Crippen LogP contribution in [0, 0.1) is 11.3 Å². The lowest BCUT2D eigenvalue weighted by molar-refractivity contribution is 0.0689. The number of aromatic nitrogens is 3. The summed E-state index contributed by atoms with van der Waals surface area (Å²) in [7, 11) is 0. The van der Waals surface area contributed by atoms with Gasteiger partial charge in [0.2, 0.25) is 0 Å². The Morgan fingerprint density at radius 1 is 1.73 bits per heavy atom. The van der Waals surface area contributed by atoms with E-state index in [1.165, 1.54) is 11.0 Å². The van der Waals surface area contributed by atoms with Crippen LogP contribution in [0.5, 0.6) is 0 Å². The molecule has 6 nitrogen and oxygen atoms in total. The van der Waals surface area contributed by atoms with Crippen LogP contribution in [0.4, 0.5) is 0 Å². The fourth-order valence-corrected chi connectivity index (χ4v) is 0.993. The molecule has 0 radical (unpaired) electrons. The summed E-state index contributed by atoms with van der Waals surface area (Å²) in [6, 6.07) is 1.94. The molecule has 0 saturated heterocycles. The zero-order valence-corrected chi connectivity index (χ0v) is 8.05. The Hall–Kier alpha value is -2.16. The maximum absolute atomic E-state index is 10.5. The topological polar surface area (TPSA) is 91.8 Å². The average Bonchev–Trinajstić information content (AvgIpc) is 2.66. The molecule has 15 heavy (non-hydrogen) atoms. The third kappa shape index (κ3) is 3.23. The Labute approximate surface area is 86.4 Å². The number of rotatable bonds is 5. The zero-order chi connectivity index (χ0) is 11.3. The van der Waals surface area contributed by atoms with E-state index in [-0.39, 0.29) is 5.69 Å². The van der Waals surface area contributed by atoms with Crippen molar-refractivity contribution in [1.29, 1.82) is 5.26 Å². The molecule has 0 bridgehead atoms. The molecule has 0 fully saturated rings. The predicted octanol–water partition coefficient (Wildman–Crippen LogP) is 0.836. The average molecular weight is 206 g/mol. The monoisotopic (exact) mass is 206 g/mol. The molecule has 1 rings (SSSR count). The van der Waals surface area contributed by atoms with Gasteiger partial charge in [-0.05, 0) is 12.8 Å². The van der Waals surface area contributed by atoms with Crippen molar-refractivity contribution in [3.05, 3.63) is 24.0 Å². The molecular weight excluding hydrogens is 196 g/mol. The second-order valence-corrected chi connectivity index (χ2v) is 2.95. The van der Waals surface area contributed by atoms with Crippen LogP contribution >= 0.6 is 0 Å². The standard InChI is InChI=1S/C9H10N4O2/c1-7(5-10)3-2-4-13-11-6-8(12-13)9(14)15/h6H,1-4H2,(H,14,15). The molecule has 1 N–H and O–H groups in total. The lowest BCUT2D eigenvalue weighted by atomic mass is 10.2. The van der Waals surface area contributed by atoms with E-state index in [9.17, 15) is 4.79 Å². The van der Waals surface area contributed by atoms with Gasteiger partial charge in [-0.15, -0.1) is 5.10 Å². The maximum atomic E-state index is 10.5. The SMILES string of the molecule is C=C(C#N)CCCn1ncc(C(=O)O)n1. The van der Waals surface area contributed by atoms with Gasteiger partial charge in [0, 0.05) is 5.57 Å². The van der Waals surface area contributed by atoms with Crippen LogP contribution in [0.3, 0.4) is 0 Å². The molecule has 1 aromatic rings. The summed E-state index contributed by atoms with van der Waals surface area (Å²) in [5, 5.41) is 24.5. The summed E-state index contributed by atoms with van der Waals surface area (Å²) in [5.41, 5.74) is 0.426. The predicted molar refractivity (Wildman–Crippen MR) is 51.0 cm³/mol. The lowest BCUT2D eigenvalue weighted by Gasteiger charge is -1.97. The van der Waals surface area contributed by atoms with Crippen molar-refractivity contribution in [2.75, 3.05) is 0 Å². The number of carboxylic acid groups (broad SMARTS) is 1. The second-order valence-electron chi connectivity index (χ2n) is 2.95. The smallest absolute Gasteiger partial charge is 0.358 e. The van der Waals surface area contributed by atoms with E-state index >= 15 is 0 Å². The van der Waals surface area contributed by atoms with E-state index in [4.69, 9.17) is 10.4 Å². The largest absolute Gasteiger partial charge is 0.476 e. The molecule has 0 amide bonds. The Morgan fingerprint density at radius 2 is 2.47 bits per heavy atom. The minimum atomic E-state index is -1.09. The van der Waals surface area contributed by atoms with E-state index in [0.717, 1.165) is 0 Å². The second kappa shape index (κ2) is 4.91. The van der Waals surface area contributed by atoms with Crippen molar-refractivity contribution in [3.8, 4) is 6.07 Å². The normalized spacial score (nSPS) is 9.53. The van der Waals surface area contributed by atoms with Gasteiger partial charge in [-0.1, -0.05) is 6.58 Å². The van der Waals surface area contributed by atoms with Crippen LogP contribution in [0.15, 0.2) is 18.3 Å². The van der Waals surface area contributed by atoms with Crippen molar-refractivity contribution in [1.82, 2.24) is 15.0 Å². The summed E-state index contributed by atoms with van der Waals surface area (Å²) in [6.07, 6.45) is 2.43. The molecule has 6 heteroatoms. The van der Waals surface area contributed by atoms with Crippen LogP contribution in [0.1, 0.15) is 23.3 Å². The highest BCUT2D eigenvalue weighted by atomic mass is 16.4. The van der Waals surface area contributed by atoms with Crippen LogP contribution in [0.25, 0.3) is 0 Å². The van der Waals surface area contributed by atoms with Gasteiger partial charge in [0.1, 0.15) is 0 Å². The summed E-state index contributed by atoms with van der Waals surface area (Å²) in [4.78, 5) is 11.8. The van der Waals surface area contributed by atoms with Gasteiger partial charge in [-0.25, -0.2) is 4.79 Å². The molecule has 0 saturated carbocycles. The first-order valence-electron chi connectivity index (χ1n) is 4.35. The van der Waals surface area contributed by atoms with Gasteiger partial charge in [0.25, 0.3) is 0 Å². The highest BCUT2D eigenvalue weighted by Gasteiger charge is 2.07. The summed E-state index contributed by atoms with van der Waals surface area (Å²) in [6.45, 7) is 4.01. The quantitative estimate of drug-likeness (QED) is 0.720. The number of hydrogen-bond acceptors (Lipinski definition) is 4. The highest BCUT2D eigenvalue weighted by molar-refractivity contribution is 5.84. The van der Waals surface area contributed by atoms with E-state index in [1.807, 2.05) is 6.07 Å². The number of aromatic carboxylic acids is 1. The van der Waals surface area contributed by atoms with Gasteiger partial charge in [-0.2, -0.15) is 15.2 Å². The van der Waals surface area contributed by atoms with Crippen LogP contribution in [-0.4, -0.2) is 26.1 Å². The van der Waals surface area contributed by atoms with E-state index in [0.29, 0.717) is 25.0 Å². The van der Waals surface area contributed by atoms with Crippen molar-refractivity contribution >= 4 is 5.97 Å². The van der Waals surface area contributed by atoms with Crippen molar-refractivity contribution in [2.24, 2.45) is 0 Å². The minimum absolute atomic E-state index is 0.0749. The van der Waals surface area contributed by atoms with Gasteiger partial charge < -0.3 is 5.11 Å². The molecule has 1 heterocycles. The summed E-state index contributed by atoms with van der Waals surface area (Å²) in [5.74, 6) is -1.09. The first kappa shape index (κ1) is 10.9. The molecule has 0 aromatic carbocycles. The number of nitriles is 1. The lowest BCUT2D eigenvalue weighted by Crippen LogP contribution is -2.04. The number of aryl methyl sites for hydroxylation is 1. The Balaban J connectivity index is 2.42. The van der Waals surface area contributed by atoms with Gasteiger partial charge in [0.15, 0.2) is 5.69 Å². The molecule has 1 aromatic heterocycles. The number of nitrogens with zero attached hydrogens (tertiary/aromatic N) is 4. The third-order valence-electron chi connectivity index (χ3n) is 1.75. The molecular formula is C9H10N4O2. The van der Waals surface area contributed by atoms with Crippen molar-refractivity contribution in [3.63, 3.8) is 0 Å². The Bertz CT molecular complexity index is 416. The third-order valence-corrected chi connectivity index (χ3v) is 1.75. The summed E-state index contributed by atoms with van der Waals surface area (Å²) >= 11 is 0. The van der Waals surface area contributed by atoms with Crippen LogP contribution < -0.4 is 0 Å². The summed E-state index contributed by atoms with van der Waals surface area (Å²) < 4.78 is 0. The molecule has 0 unspecified atom stereocenters. The molecule has 0 atom stereocenters. The number of hydrogen-bond donors (Lipinski definition) is 1. The fourth-order valence-electron chi connectivity index (χ4n) is 0.993. The molecule has 0 aliphatic rings. The highest BCUT2D eigenvalue weighted by Crippen LogP contribution is 2.02. The van der Waals surface area contributed by atoms with E-state index in [2.05, 4.69) is 16.8 Å². The van der Waals surface area contributed by atoms with Gasteiger partial charge in [-0.3, -0.25) is 0 Å². The molecule has 0 aliphatic heterocycles. The minimum Gasteiger partial charge on any atom is -0.476 e. The van der Waals surface area contributed by atoms with Crippen LogP contribution in [-0.2, 0) is 6.54 Å². The Kier molecular flexibility index (Phi) is 3.57. The maximum Gasteiger partial charge on any atom is 0.358 e. The Morgan fingerprint density at radius 3 is 3.00 bits per heavy atom. The number of carbonyl (C=O) groups is 1. The fraction of sp³-hybridized carbons (Fsp3) is 0.333. The molecule has 0 spiro atoms. The zero-order valence-electron chi connectivity index (χ0n) is 8.05. The van der Waals surface area contributed by atoms with E-state index < -0.39 is 5.97 Å². The van der Waals surface area contributed by atoms with E-state index in [1.54, 1.807) is 0 Å². The van der Waals surface area contributed by atoms with Crippen LogP contribution in [0.2, 0.25) is 0 Å². The first-order valence-corrected chi connectivity index (χ1v) is 4.35. The molecule has 0 aliphatic carbocycles. The first-order chi connectivity index (χ1) is 7.13. The molecule has 78 valence electrons. The van der Waals surface area contributed by atoms with Crippen molar-refractivity contribution < 1.29 is 9.90 Å². The number of carboxylic acids is 1. The van der Waals surface area contributed by atoms with Gasteiger partial charge >= 0.3 is 5.97 Å². The van der Waals surface area contributed by atoms with Crippen molar-refractivity contribution in [2.45, 2.75) is 19.4 Å². The van der Waals surface area contributed by atoms with Gasteiger partial charge in [0.05, 0.1) is 18.8 Å².